The molecule has 7 heteroatoms. The average molecular weight is 240 g/mol. The number of hydrogen-bond acceptors (Lipinski definition) is 6. The summed E-state index contributed by atoms with van der Waals surface area (Å²) in [7, 11) is 0. The van der Waals surface area contributed by atoms with Crippen molar-refractivity contribution in [1.29, 1.82) is 0 Å². The van der Waals surface area contributed by atoms with Gasteiger partial charge in [0.15, 0.2) is 5.60 Å². The maximum absolute atomic E-state index is 10.7. The molecule has 0 aromatic heterocycles. The summed E-state index contributed by atoms with van der Waals surface area (Å²) in [5, 5.41) is 20.7. The van der Waals surface area contributed by atoms with Gasteiger partial charge in [-0.3, -0.25) is 0 Å². The van der Waals surface area contributed by atoms with Crippen molar-refractivity contribution in [3.8, 4) is 0 Å². The second-order valence-corrected chi connectivity index (χ2v) is 2.69. The number of esters is 1. The summed E-state index contributed by atoms with van der Waals surface area (Å²) in [6.45, 7) is 3.93. The molecule has 0 aromatic carbocycles. The third-order valence-electron chi connectivity index (χ3n) is 1.41. The van der Waals surface area contributed by atoms with Gasteiger partial charge in [-0.1, -0.05) is 6.58 Å². The van der Waals surface area contributed by atoms with Crippen molar-refractivity contribution in [2.45, 2.75) is 18.9 Å². The number of rotatable bonds is 5. The molecular formula is C8H8CaO6. The number of carboxylic acids is 2. The Morgan fingerprint density at radius 1 is 1.40 bits per heavy atom. The number of carboxylic acid groups (broad SMARTS) is 2. The van der Waals surface area contributed by atoms with Gasteiger partial charge >= 0.3 is 43.7 Å². The molecule has 0 spiro atoms. The van der Waals surface area contributed by atoms with Gasteiger partial charge in [0.2, 0.25) is 0 Å². The number of carbonyl (C=O) groups excluding carboxylic acids is 3. The number of carbonyl (C=O) groups is 3. The molecule has 0 bridgehead atoms. The van der Waals surface area contributed by atoms with E-state index in [9.17, 15) is 24.6 Å². The van der Waals surface area contributed by atoms with Crippen LogP contribution in [-0.4, -0.2) is 61.2 Å². The zero-order chi connectivity index (χ0) is 11.4. The van der Waals surface area contributed by atoms with Crippen LogP contribution in [0.25, 0.3) is 0 Å². The molecule has 0 aliphatic rings. The molecule has 1 atom stereocenters. The second kappa shape index (κ2) is 6.81. The molecule has 0 aliphatic heterocycles. The van der Waals surface area contributed by atoms with Gasteiger partial charge in [-0.05, 0) is 6.92 Å². The van der Waals surface area contributed by atoms with Crippen LogP contribution in [0.3, 0.4) is 0 Å². The van der Waals surface area contributed by atoms with Crippen LogP contribution >= 0.6 is 0 Å². The quantitative estimate of drug-likeness (QED) is 0.288. The minimum atomic E-state index is -2.23. The van der Waals surface area contributed by atoms with Crippen LogP contribution in [0.4, 0.5) is 0 Å². The van der Waals surface area contributed by atoms with Crippen molar-refractivity contribution in [2.24, 2.45) is 0 Å². The first-order chi connectivity index (χ1) is 6.31. The zero-order valence-corrected chi connectivity index (χ0v) is 10.4. The van der Waals surface area contributed by atoms with Crippen LogP contribution in [0.1, 0.15) is 13.3 Å². The van der Waals surface area contributed by atoms with E-state index in [2.05, 4.69) is 11.3 Å². The van der Waals surface area contributed by atoms with E-state index in [0.717, 1.165) is 13.0 Å². The van der Waals surface area contributed by atoms with Crippen molar-refractivity contribution in [3.05, 3.63) is 12.7 Å². The first-order valence-corrected chi connectivity index (χ1v) is 3.58. The van der Waals surface area contributed by atoms with Gasteiger partial charge in [-0.25, -0.2) is 4.79 Å². The Balaban J connectivity index is 0. The molecular weight excluding hydrogens is 232 g/mol. The fourth-order valence-corrected chi connectivity index (χ4v) is 0.689. The van der Waals surface area contributed by atoms with Crippen molar-refractivity contribution in [2.75, 3.05) is 0 Å². The van der Waals surface area contributed by atoms with E-state index in [1.54, 1.807) is 0 Å². The molecule has 0 N–H and O–H groups in total. The molecule has 0 saturated carbocycles. The summed E-state index contributed by atoms with van der Waals surface area (Å²) >= 11 is 0. The summed E-state index contributed by atoms with van der Waals surface area (Å²) in [6.07, 6.45) is -0.259. The van der Waals surface area contributed by atoms with E-state index in [0.29, 0.717) is 0 Å². The normalized spacial score (nSPS) is 12.9. The molecule has 1 unspecified atom stereocenters. The molecule has 15 heavy (non-hydrogen) atoms. The standard InChI is InChI=1S/C8H10O6.Ca/c1-3-6(11)14-8(2,7(12)13)4-5(9)10;/h3H,1,4H2,2H3,(H,9,10)(H,12,13);/q;+2/p-2. The first-order valence-electron chi connectivity index (χ1n) is 3.58. The largest absolute Gasteiger partial charge is 2.00 e. The molecule has 0 aromatic rings. The fourth-order valence-electron chi connectivity index (χ4n) is 0.689. The third-order valence-corrected chi connectivity index (χ3v) is 1.41. The van der Waals surface area contributed by atoms with Gasteiger partial charge in [-0.15, -0.1) is 0 Å². The Kier molecular flexibility index (Phi) is 7.64. The van der Waals surface area contributed by atoms with Crippen LogP contribution in [-0.2, 0) is 19.1 Å². The van der Waals surface area contributed by atoms with E-state index in [4.69, 9.17) is 0 Å². The van der Waals surface area contributed by atoms with Gasteiger partial charge < -0.3 is 24.5 Å². The van der Waals surface area contributed by atoms with Crippen molar-refractivity contribution in [1.82, 2.24) is 0 Å². The smallest absolute Gasteiger partial charge is 0.550 e. The number of ether oxygens (including phenoxy) is 1. The predicted molar refractivity (Wildman–Crippen MR) is 45.1 cm³/mol. The Bertz CT molecular complexity index is 287. The van der Waals surface area contributed by atoms with Gasteiger partial charge in [0, 0.05) is 18.5 Å². The van der Waals surface area contributed by atoms with Crippen LogP contribution < -0.4 is 10.2 Å². The molecule has 0 rings (SSSR count). The van der Waals surface area contributed by atoms with E-state index in [1.807, 2.05) is 0 Å². The average Bonchev–Trinajstić information content (AvgIpc) is 2.02. The molecule has 0 heterocycles. The van der Waals surface area contributed by atoms with Crippen LogP contribution in [0.2, 0.25) is 0 Å². The SMILES string of the molecule is C=CC(=O)OC(C)(CC(=O)[O-])C(=O)[O-].[Ca+2]. The minimum absolute atomic E-state index is 0. The van der Waals surface area contributed by atoms with Crippen molar-refractivity contribution < 1.29 is 29.3 Å². The molecule has 0 fully saturated rings. The Hall–Kier alpha value is -0.590. The summed E-state index contributed by atoms with van der Waals surface area (Å²) in [5.41, 5.74) is -2.23. The molecule has 0 aliphatic carbocycles. The van der Waals surface area contributed by atoms with Gasteiger partial charge in [0.1, 0.15) is 0 Å². The van der Waals surface area contributed by atoms with E-state index < -0.39 is 29.9 Å². The summed E-state index contributed by atoms with van der Waals surface area (Å²) in [5.74, 6) is -4.51. The van der Waals surface area contributed by atoms with Crippen LogP contribution in [0.5, 0.6) is 0 Å². The number of aliphatic carboxylic acids is 2. The van der Waals surface area contributed by atoms with Gasteiger partial charge in [-0.2, -0.15) is 0 Å². The second-order valence-electron chi connectivity index (χ2n) is 2.69. The topological polar surface area (TPSA) is 107 Å². The Morgan fingerprint density at radius 2 is 1.87 bits per heavy atom. The van der Waals surface area contributed by atoms with Crippen molar-refractivity contribution >= 4 is 55.6 Å². The summed E-state index contributed by atoms with van der Waals surface area (Å²) in [4.78, 5) is 31.3. The van der Waals surface area contributed by atoms with Gasteiger partial charge in [0.05, 0.1) is 5.97 Å². The van der Waals surface area contributed by atoms with Crippen LogP contribution in [0.15, 0.2) is 12.7 Å². The number of hydrogen-bond donors (Lipinski definition) is 0. The first kappa shape index (κ1) is 16.8. The fraction of sp³-hybridized carbons (Fsp3) is 0.375. The van der Waals surface area contributed by atoms with E-state index in [1.165, 1.54) is 0 Å². The minimum Gasteiger partial charge on any atom is -0.550 e. The molecule has 78 valence electrons. The molecule has 0 radical (unpaired) electrons. The van der Waals surface area contributed by atoms with Crippen LogP contribution in [0, 0.1) is 0 Å². The maximum atomic E-state index is 10.7. The van der Waals surface area contributed by atoms with E-state index in [-0.39, 0.29) is 37.7 Å². The molecule has 0 saturated heterocycles. The predicted octanol–water partition coefficient (Wildman–Crippen LogP) is -3.02. The molecule has 6 nitrogen and oxygen atoms in total. The van der Waals surface area contributed by atoms with Crippen molar-refractivity contribution in [3.63, 3.8) is 0 Å². The summed E-state index contributed by atoms with van der Waals surface area (Å²) < 4.78 is 4.32. The summed E-state index contributed by atoms with van der Waals surface area (Å²) in [6, 6.07) is 0. The maximum Gasteiger partial charge on any atom is 2.00 e. The Morgan fingerprint density at radius 3 is 2.13 bits per heavy atom. The Labute approximate surface area is 116 Å². The van der Waals surface area contributed by atoms with Gasteiger partial charge in [0.25, 0.3) is 0 Å². The molecule has 0 amide bonds. The zero-order valence-electron chi connectivity index (χ0n) is 8.15. The van der Waals surface area contributed by atoms with E-state index >= 15 is 0 Å². The monoisotopic (exact) mass is 240 g/mol. The third kappa shape index (κ3) is 5.76.